The third-order valence-electron chi connectivity index (χ3n) is 2.15. The molecular weight excluding hydrogens is 142 g/mol. The summed E-state index contributed by atoms with van der Waals surface area (Å²) in [7, 11) is 0. The minimum absolute atomic E-state index is 0.00116. The molecule has 1 fully saturated rings. The van der Waals surface area contributed by atoms with E-state index < -0.39 is 0 Å². The first kappa shape index (κ1) is 8.53. The Bertz CT molecular complexity index is 147. The van der Waals surface area contributed by atoms with Gasteiger partial charge in [0.2, 0.25) is 5.91 Å². The van der Waals surface area contributed by atoms with Gasteiger partial charge >= 0.3 is 0 Å². The van der Waals surface area contributed by atoms with Crippen molar-refractivity contribution in [1.29, 1.82) is 0 Å². The third kappa shape index (κ3) is 2.19. The Hall–Kier alpha value is -0.570. The lowest BCUT2D eigenvalue weighted by Crippen LogP contribution is -2.45. The minimum Gasteiger partial charge on any atom is -0.391 e. The van der Waals surface area contributed by atoms with E-state index in [1.165, 1.54) is 0 Å². The molecule has 0 unspecified atom stereocenters. The molecule has 0 radical (unpaired) electrons. The highest BCUT2D eigenvalue weighted by atomic mass is 16.3. The van der Waals surface area contributed by atoms with Crippen molar-refractivity contribution in [2.24, 2.45) is 0 Å². The second-order valence-corrected chi connectivity index (χ2v) is 3.04. The highest BCUT2D eigenvalue weighted by Crippen LogP contribution is 2.12. The van der Waals surface area contributed by atoms with Gasteiger partial charge in [-0.05, 0) is 19.3 Å². The number of aliphatic hydroxyl groups excluding tert-OH is 1. The molecule has 1 aliphatic heterocycles. The predicted molar refractivity (Wildman–Crippen MR) is 42.1 cm³/mol. The molecule has 1 rings (SSSR count). The van der Waals surface area contributed by atoms with Crippen LogP contribution in [0, 0.1) is 0 Å². The Morgan fingerprint density at radius 3 is 3.09 bits per heavy atom. The van der Waals surface area contributed by atoms with Gasteiger partial charge in [0.25, 0.3) is 0 Å². The number of nitrogens with one attached hydrogen (secondary N) is 1. The first-order valence-electron chi connectivity index (χ1n) is 4.21. The van der Waals surface area contributed by atoms with Crippen molar-refractivity contribution in [3.05, 3.63) is 0 Å². The maximum atomic E-state index is 10.9. The van der Waals surface area contributed by atoms with Crippen molar-refractivity contribution >= 4 is 5.91 Å². The number of hydrogen-bond acceptors (Lipinski definition) is 2. The lowest BCUT2D eigenvalue weighted by atomic mass is 9.98. The molecule has 1 amide bonds. The van der Waals surface area contributed by atoms with Gasteiger partial charge < -0.3 is 10.4 Å². The fourth-order valence-corrected chi connectivity index (χ4v) is 1.41. The van der Waals surface area contributed by atoms with Crippen LogP contribution in [0.2, 0.25) is 0 Å². The zero-order chi connectivity index (χ0) is 8.27. The van der Waals surface area contributed by atoms with Crippen LogP contribution in [-0.4, -0.2) is 23.2 Å². The van der Waals surface area contributed by atoms with E-state index in [4.69, 9.17) is 0 Å². The van der Waals surface area contributed by atoms with Crippen molar-refractivity contribution in [2.75, 3.05) is 0 Å². The van der Waals surface area contributed by atoms with Crippen LogP contribution in [0.15, 0.2) is 0 Å². The highest BCUT2D eigenvalue weighted by molar-refractivity contribution is 5.77. The highest BCUT2D eigenvalue weighted by Gasteiger charge is 2.23. The third-order valence-corrected chi connectivity index (χ3v) is 2.15. The molecular formula is C8H15NO2. The fraction of sp³-hybridized carbons (Fsp3) is 0.875. The summed E-state index contributed by atoms with van der Waals surface area (Å²) in [6, 6.07) is 0.00116. The van der Waals surface area contributed by atoms with Crippen molar-refractivity contribution in [1.82, 2.24) is 5.32 Å². The van der Waals surface area contributed by atoms with E-state index >= 15 is 0 Å². The molecule has 1 aliphatic rings. The molecule has 64 valence electrons. The van der Waals surface area contributed by atoms with Gasteiger partial charge in [0.05, 0.1) is 12.1 Å². The zero-order valence-electron chi connectivity index (χ0n) is 6.84. The van der Waals surface area contributed by atoms with Crippen molar-refractivity contribution in [3.63, 3.8) is 0 Å². The molecule has 2 atom stereocenters. The van der Waals surface area contributed by atoms with Crippen LogP contribution < -0.4 is 5.32 Å². The van der Waals surface area contributed by atoms with Crippen LogP contribution in [0.4, 0.5) is 0 Å². The van der Waals surface area contributed by atoms with E-state index in [0.29, 0.717) is 12.8 Å². The number of carbonyl (C=O) groups excluding carboxylic acids is 1. The zero-order valence-corrected chi connectivity index (χ0v) is 6.84. The summed E-state index contributed by atoms with van der Waals surface area (Å²) < 4.78 is 0. The molecule has 3 nitrogen and oxygen atoms in total. The second kappa shape index (κ2) is 3.72. The van der Waals surface area contributed by atoms with Gasteiger partial charge in [-0.25, -0.2) is 0 Å². The Balaban J connectivity index is 2.39. The largest absolute Gasteiger partial charge is 0.391 e. The second-order valence-electron chi connectivity index (χ2n) is 3.04. The molecule has 11 heavy (non-hydrogen) atoms. The maximum absolute atomic E-state index is 10.9. The number of aliphatic hydroxyl groups is 1. The number of piperidine rings is 1. The number of rotatable bonds is 2. The first-order valence-corrected chi connectivity index (χ1v) is 4.21. The Kier molecular flexibility index (Phi) is 2.88. The molecule has 1 saturated heterocycles. The Morgan fingerprint density at radius 1 is 1.82 bits per heavy atom. The van der Waals surface area contributed by atoms with E-state index in [0.717, 1.165) is 12.8 Å². The van der Waals surface area contributed by atoms with E-state index in [2.05, 4.69) is 5.32 Å². The molecule has 1 heterocycles. The molecule has 0 saturated carbocycles. The lowest BCUT2D eigenvalue weighted by molar-refractivity contribution is -0.124. The molecule has 0 bridgehead atoms. The van der Waals surface area contributed by atoms with Gasteiger partial charge in [0.1, 0.15) is 0 Å². The minimum atomic E-state index is -0.362. The van der Waals surface area contributed by atoms with Gasteiger partial charge in [-0.2, -0.15) is 0 Å². The number of hydrogen-bond donors (Lipinski definition) is 2. The molecule has 2 N–H and O–H groups in total. The van der Waals surface area contributed by atoms with Crippen LogP contribution in [0.1, 0.15) is 32.6 Å². The first-order chi connectivity index (χ1) is 5.24. The van der Waals surface area contributed by atoms with Crippen molar-refractivity contribution < 1.29 is 9.90 Å². The van der Waals surface area contributed by atoms with Crippen LogP contribution in [0.3, 0.4) is 0 Å². The summed E-state index contributed by atoms with van der Waals surface area (Å²) >= 11 is 0. The lowest BCUT2D eigenvalue weighted by Gasteiger charge is -2.26. The smallest absolute Gasteiger partial charge is 0.220 e. The SMILES string of the molecule is CC[C@@H](O)[C@H]1CCCC(=O)N1. The summed E-state index contributed by atoms with van der Waals surface area (Å²) in [6.07, 6.45) is 2.80. The summed E-state index contributed by atoms with van der Waals surface area (Å²) in [5.41, 5.74) is 0. The van der Waals surface area contributed by atoms with Crippen LogP contribution in [-0.2, 0) is 4.79 Å². The summed E-state index contributed by atoms with van der Waals surface area (Å²) in [5, 5.41) is 12.2. The Labute approximate surface area is 66.8 Å². The fourth-order valence-electron chi connectivity index (χ4n) is 1.41. The van der Waals surface area contributed by atoms with E-state index in [1.807, 2.05) is 6.92 Å². The van der Waals surface area contributed by atoms with Crippen LogP contribution in [0.25, 0.3) is 0 Å². The van der Waals surface area contributed by atoms with E-state index in [1.54, 1.807) is 0 Å². The van der Waals surface area contributed by atoms with Gasteiger partial charge in [-0.15, -0.1) is 0 Å². The quantitative estimate of drug-likeness (QED) is 0.610. The van der Waals surface area contributed by atoms with Crippen molar-refractivity contribution in [3.8, 4) is 0 Å². The average molecular weight is 157 g/mol. The maximum Gasteiger partial charge on any atom is 0.220 e. The van der Waals surface area contributed by atoms with Crippen LogP contribution in [0.5, 0.6) is 0 Å². The molecule has 0 spiro atoms. The monoisotopic (exact) mass is 157 g/mol. The summed E-state index contributed by atoms with van der Waals surface area (Å²) in [4.78, 5) is 10.9. The molecule has 0 aromatic heterocycles. The number of amides is 1. The van der Waals surface area contributed by atoms with Gasteiger partial charge in [-0.1, -0.05) is 6.92 Å². The van der Waals surface area contributed by atoms with Crippen molar-refractivity contribution in [2.45, 2.75) is 44.8 Å². The molecule has 0 aromatic carbocycles. The molecule has 3 heteroatoms. The van der Waals surface area contributed by atoms with Gasteiger partial charge in [0.15, 0.2) is 0 Å². The van der Waals surface area contributed by atoms with E-state index in [-0.39, 0.29) is 18.1 Å². The van der Waals surface area contributed by atoms with Gasteiger partial charge in [0, 0.05) is 6.42 Å². The predicted octanol–water partition coefficient (Wildman–Crippen LogP) is 0.426. The molecule has 0 aliphatic carbocycles. The van der Waals surface area contributed by atoms with Crippen LogP contribution >= 0.6 is 0 Å². The topological polar surface area (TPSA) is 49.3 Å². The summed E-state index contributed by atoms with van der Waals surface area (Å²) in [5.74, 6) is 0.0775. The number of carbonyl (C=O) groups is 1. The summed E-state index contributed by atoms with van der Waals surface area (Å²) in [6.45, 7) is 1.92. The van der Waals surface area contributed by atoms with Gasteiger partial charge in [-0.3, -0.25) is 4.79 Å². The Morgan fingerprint density at radius 2 is 2.55 bits per heavy atom. The standard InChI is InChI=1S/C8H15NO2/c1-2-7(10)6-4-3-5-8(11)9-6/h6-7,10H,2-5H2,1H3,(H,9,11)/t6-,7-/m1/s1. The molecule has 0 aromatic rings. The van der Waals surface area contributed by atoms with E-state index in [9.17, 15) is 9.90 Å². The normalized spacial score (nSPS) is 27.8. The average Bonchev–Trinajstić information content (AvgIpc) is 2.03.